The Hall–Kier alpha value is -1.72. The molecule has 0 amide bonds. The fourth-order valence-electron chi connectivity index (χ4n) is 2.72. The zero-order chi connectivity index (χ0) is 13.3. The van der Waals surface area contributed by atoms with Gasteiger partial charge >= 0.3 is 0 Å². The second kappa shape index (κ2) is 4.88. The van der Waals surface area contributed by atoms with E-state index in [0.29, 0.717) is 0 Å². The Morgan fingerprint density at radius 3 is 2.89 bits per heavy atom. The predicted molar refractivity (Wildman–Crippen MR) is 71.1 cm³/mol. The topological polar surface area (TPSA) is 79.7 Å². The third-order valence-electron chi connectivity index (χ3n) is 3.72. The van der Waals surface area contributed by atoms with Crippen molar-refractivity contribution in [2.24, 2.45) is 23.9 Å². The van der Waals surface area contributed by atoms with Gasteiger partial charge in [-0.15, -0.1) is 0 Å². The van der Waals surface area contributed by atoms with Crippen LogP contribution in [-0.4, -0.2) is 33.9 Å². The molecule has 6 heteroatoms. The first-order valence-electron chi connectivity index (χ1n) is 6.34. The van der Waals surface area contributed by atoms with Gasteiger partial charge in [0.1, 0.15) is 5.82 Å². The lowest BCUT2D eigenvalue weighted by Crippen LogP contribution is -2.26. The maximum atomic E-state index is 8.89. The van der Waals surface area contributed by atoms with Gasteiger partial charge < -0.3 is 15.8 Å². The van der Waals surface area contributed by atoms with E-state index in [-0.39, 0.29) is 5.84 Å². The fraction of sp³-hybridized carbons (Fsp3) is 0.667. The van der Waals surface area contributed by atoms with E-state index >= 15 is 0 Å². The van der Waals surface area contributed by atoms with Gasteiger partial charge in [-0.1, -0.05) is 18.5 Å². The Balaban J connectivity index is 2.38. The molecule has 1 unspecified atom stereocenters. The van der Waals surface area contributed by atoms with Crippen molar-refractivity contribution in [3.63, 3.8) is 0 Å². The van der Waals surface area contributed by atoms with E-state index in [0.717, 1.165) is 36.1 Å². The van der Waals surface area contributed by atoms with E-state index in [9.17, 15) is 0 Å². The van der Waals surface area contributed by atoms with Gasteiger partial charge in [0.2, 0.25) is 0 Å². The van der Waals surface area contributed by atoms with Crippen molar-refractivity contribution >= 4 is 11.7 Å². The summed E-state index contributed by atoms with van der Waals surface area (Å²) in [6.07, 6.45) is 2.38. The summed E-state index contributed by atoms with van der Waals surface area (Å²) in [5.74, 6) is 1.81. The van der Waals surface area contributed by atoms with Crippen LogP contribution in [0.3, 0.4) is 0 Å². The number of aryl methyl sites for hydroxylation is 2. The minimum absolute atomic E-state index is 0.135. The number of amidine groups is 1. The summed E-state index contributed by atoms with van der Waals surface area (Å²) < 4.78 is 1.82. The van der Waals surface area contributed by atoms with Gasteiger partial charge in [-0.2, -0.15) is 5.10 Å². The molecule has 0 saturated carbocycles. The molecule has 2 heterocycles. The van der Waals surface area contributed by atoms with Gasteiger partial charge in [0, 0.05) is 20.1 Å². The largest absolute Gasteiger partial charge is 0.409 e. The molecule has 1 aromatic heterocycles. The predicted octanol–water partition coefficient (Wildman–Crippen LogP) is 1.06. The molecule has 3 N–H and O–H groups in total. The van der Waals surface area contributed by atoms with Crippen molar-refractivity contribution in [2.75, 3.05) is 18.0 Å². The molecule has 0 aliphatic carbocycles. The lowest BCUT2D eigenvalue weighted by atomic mass is 10.1. The second-order valence-corrected chi connectivity index (χ2v) is 4.90. The monoisotopic (exact) mass is 251 g/mol. The number of hydrogen-bond donors (Lipinski definition) is 2. The van der Waals surface area contributed by atoms with Crippen molar-refractivity contribution in [3.05, 3.63) is 11.3 Å². The summed E-state index contributed by atoms with van der Waals surface area (Å²) >= 11 is 0. The number of nitrogens with zero attached hydrogens (tertiary/aromatic N) is 4. The lowest BCUT2D eigenvalue weighted by molar-refractivity contribution is 0.318. The molecule has 1 atom stereocenters. The number of hydrogen-bond acceptors (Lipinski definition) is 4. The van der Waals surface area contributed by atoms with Gasteiger partial charge in [0.25, 0.3) is 0 Å². The Bertz CT molecular complexity index is 465. The lowest BCUT2D eigenvalue weighted by Gasteiger charge is -2.20. The van der Waals surface area contributed by atoms with E-state index in [4.69, 9.17) is 10.9 Å². The number of rotatable bonds is 3. The minimum atomic E-state index is 0.135. The van der Waals surface area contributed by atoms with Crippen molar-refractivity contribution in [3.8, 4) is 0 Å². The summed E-state index contributed by atoms with van der Waals surface area (Å²) in [6, 6.07) is 0. The standard InChI is InChI=1S/C12H21N5O/c1-4-9-5-6-17(7-9)12-10(11(13)15-18)8(2)14-16(12)3/h9,18H,4-7H2,1-3H3,(H2,13,15). The van der Waals surface area contributed by atoms with Crippen LogP contribution in [0.4, 0.5) is 5.82 Å². The van der Waals surface area contributed by atoms with Crippen LogP contribution in [0.25, 0.3) is 0 Å². The number of anilines is 1. The van der Waals surface area contributed by atoms with Crippen LogP contribution in [-0.2, 0) is 7.05 Å². The summed E-state index contributed by atoms with van der Waals surface area (Å²) in [5.41, 5.74) is 7.31. The van der Waals surface area contributed by atoms with Crippen molar-refractivity contribution in [1.29, 1.82) is 0 Å². The van der Waals surface area contributed by atoms with Crippen LogP contribution in [0.15, 0.2) is 5.16 Å². The van der Waals surface area contributed by atoms with Gasteiger partial charge in [-0.3, -0.25) is 4.68 Å². The second-order valence-electron chi connectivity index (χ2n) is 4.90. The molecule has 0 radical (unpaired) electrons. The summed E-state index contributed by atoms with van der Waals surface area (Å²) in [4.78, 5) is 2.28. The molecular formula is C12H21N5O. The number of aromatic nitrogens is 2. The molecule has 1 fully saturated rings. The van der Waals surface area contributed by atoms with Crippen LogP contribution in [0, 0.1) is 12.8 Å². The van der Waals surface area contributed by atoms with Gasteiger partial charge in [-0.05, 0) is 19.3 Å². The van der Waals surface area contributed by atoms with E-state index in [1.54, 1.807) is 0 Å². The van der Waals surface area contributed by atoms with Crippen LogP contribution in [0.5, 0.6) is 0 Å². The van der Waals surface area contributed by atoms with E-state index < -0.39 is 0 Å². The Kier molecular flexibility index (Phi) is 3.45. The fourth-order valence-corrected chi connectivity index (χ4v) is 2.72. The normalized spacial score (nSPS) is 20.7. The third kappa shape index (κ3) is 2.02. The first-order valence-corrected chi connectivity index (χ1v) is 6.34. The average molecular weight is 251 g/mol. The molecule has 1 aromatic rings. The maximum Gasteiger partial charge on any atom is 0.175 e. The molecule has 0 aromatic carbocycles. The zero-order valence-corrected chi connectivity index (χ0v) is 11.2. The quantitative estimate of drug-likeness (QED) is 0.364. The summed E-state index contributed by atoms with van der Waals surface area (Å²) in [5, 5.41) is 16.4. The maximum absolute atomic E-state index is 8.89. The van der Waals surface area contributed by atoms with Gasteiger partial charge in [0.15, 0.2) is 5.84 Å². The van der Waals surface area contributed by atoms with Gasteiger partial charge in [0.05, 0.1) is 11.3 Å². The van der Waals surface area contributed by atoms with Gasteiger partial charge in [-0.25, -0.2) is 0 Å². The van der Waals surface area contributed by atoms with Crippen LogP contribution < -0.4 is 10.6 Å². The first-order chi connectivity index (χ1) is 8.58. The van der Waals surface area contributed by atoms with Crippen LogP contribution in [0.2, 0.25) is 0 Å². The smallest absolute Gasteiger partial charge is 0.175 e. The van der Waals surface area contributed by atoms with E-state index in [1.807, 2.05) is 18.7 Å². The average Bonchev–Trinajstić information content (AvgIpc) is 2.92. The number of oxime groups is 1. The molecule has 1 saturated heterocycles. The van der Waals surface area contributed by atoms with E-state index in [2.05, 4.69) is 22.1 Å². The Labute approximate surface area is 107 Å². The summed E-state index contributed by atoms with van der Waals surface area (Å²) in [7, 11) is 1.90. The highest BCUT2D eigenvalue weighted by atomic mass is 16.4. The van der Waals surface area contributed by atoms with Crippen LogP contribution in [0.1, 0.15) is 31.0 Å². The first kappa shape index (κ1) is 12.7. The third-order valence-corrected chi connectivity index (χ3v) is 3.72. The molecule has 2 rings (SSSR count). The highest BCUT2D eigenvalue weighted by Crippen LogP contribution is 2.29. The molecule has 1 aliphatic rings. The highest BCUT2D eigenvalue weighted by Gasteiger charge is 2.28. The Morgan fingerprint density at radius 2 is 2.33 bits per heavy atom. The van der Waals surface area contributed by atoms with Crippen molar-refractivity contribution < 1.29 is 5.21 Å². The molecule has 0 spiro atoms. The number of nitrogens with two attached hydrogens (primary N) is 1. The summed E-state index contributed by atoms with van der Waals surface area (Å²) in [6.45, 7) is 6.11. The van der Waals surface area contributed by atoms with Crippen molar-refractivity contribution in [2.45, 2.75) is 26.7 Å². The van der Waals surface area contributed by atoms with Crippen LogP contribution >= 0.6 is 0 Å². The minimum Gasteiger partial charge on any atom is -0.409 e. The SMILES string of the molecule is CCC1CCN(c2c(C(N)=NO)c(C)nn2C)C1. The van der Waals surface area contributed by atoms with Crippen molar-refractivity contribution in [1.82, 2.24) is 9.78 Å². The molecule has 100 valence electrons. The molecule has 6 nitrogen and oxygen atoms in total. The molecule has 18 heavy (non-hydrogen) atoms. The molecule has 0 bridgehead atoms. The zero-order valence-electron chi connectivity index (χ0n) is 11.2. The molecular weight excluding hydrogens is 230 g/mol. The molecule has 1 aliphatic heterocycles. The highest BCUT2D eigenvalue weighted by molar-refractivity contribution is 6.02. The Morgan fingerprint density at radius 1 is 1.61 bits per heavy atom. The van der Waals surface area contributed by atoms with E-state index in [1.165, 1.54) is 12.8 Å².